The number of carboxylic acids is 2. The standard InChI is InChI=1S/C17H27NO3.C2H2O4/c1-2-19-16-9-3-4-10-17(16)21-12-6-5-11-18-14-15-8-7-13-20-15;3-1(4)2(5)6/h3-4,9-10,15,18H,2,5-8,11-14H2,1H3;(H,3,4)(H,5,6). The highest BCUT2D eigenvalue weighted by molar-refractivity contribution is 6.27. The van der Waals surface area contributed by atoms with Gasteiger partial charge in [0.15, 0.2) is 11.5 Å². The second-order valence-electron chi connectivity index (χ2n) is 5.88. The predicted molar refractivity (Wildman–Crippen MR) is 99.5 cm³/mol. The van der Waals surface area contributed by atoms with Gasteiger partial charge >= 0.3 is 11.9 Å². The zero-order valence-electron chi connectivity index (χ0n) is 15.7. The molecule has 0 bridgehead atoms. The Bertz CT molecular complexity index is 547. The highest BCUT2D eigenvalue weighted by Gasteiger charge is 2.14. The molecule has 1 atom stereocenters. The molecule has 1 fully saturated rings. The highest BCUT2D eigenvalue weighted by atomic mass is 16.5. The van der Waals surface area contributed by atoms with Crippen molar-refractivity contribution in [1.29, 1.82) is 0 Å². The van der Waals surface area contributed by atoms with Crippen LogP contribution in [0.3, 0.4) is 0 Å². The number of unbranched alkanes of at least 4 members (excludes halogenated alkanes) is 1. The van der Waals surface area contributed by atoms with Gasteiger partial charge in [0, 0.05) is 13.2 Å². The molecule has 0 aromatic heterocycles. The van der Waals surface area contributed by atoms with E-state index in [-0.39, 0.29) is 0 Å². The lowest BCUT2D eigenvalue weighted by Gasteiger charge is -2.12. The Labute approximate surface area is 159 Å². The van der Waals surface area contributed by atoms with Gasteiger partial charge in [0.25, 0.3) is 0 Å². The van der Waals surface area contributed by atoms with E-state index in [1.807, 2.05) is 31.2 Å². The summed E-state index contributed by atoms with van der Waals surface area (Å²) in [5.41, 5.74) is 0. The fourth-order valence-corrected chi connectivity index (χ4v) is 2.45. The maximum Gasteiger partial charge on any atom is 0.414 e. The molecule has 0 radical (unpaired) electrons. The van der Waals surface area contributed by atoms with Crippen LogP contribution in [0.4, 0.5) is 0 Å². The van der Waals surface area contributed by atoms with Crippen LogP contribution in [-0.4, -0.2) is 61.2 Å². The molecule has 8 heteroatoms. The first kappa shape index (κ1) is 22.7. The Kier molecular flexibility index (Phi) is 11.6. The summed E-state index contributed by atoms with van der Waals surface area (Å²) in [6, 6.07) is 7.84. The van der Waals surface area contributed by atoms with Crippen LogP contribution in [-0.2, 0) is 14.3 Å². The molecule has 1 aliphatic heterocycles. The summed E-state index contributed by atoms with van der Waals surface area (Å²) in [6.07, 6.45) is 4.99. The first-order chi connectivity index (χ1) is 13.0. The third kappa shape index (κ3) is 10.4. The van der Waals surface area contributed by atoms with E-state index in [0.717, 1.165) is 50.6 Å². The monoisotopic (exact) mass is 383 g/mol. The minimum atomic E-state index is -1.82. The number of hydrogen-bond donors (Lipinski definition) is 3. The normalized spacial score (nSPS) is 15.5. The molecular weight excluding hydrogens is 354 g/mol. The zero-order valence-corrected chi connectivity index (χ0v) is 15.7. The van der Waals surface area contributed by atoms with Gasteiger partial charge in [-0.2, -0.15) is 0 Å². The number of para-hydroxylation sites is 2. The lowest BCUT2D eigenvalue weighted by molar-refractivity contribution is -0.159. The van der Waals surface area contributed by atoms with Crippen LogP contribution in [0.5, 0.6) is 11.5 Å². The van der Waals surface area contributed by atoms with E-state index in [0.29, 0.717) is 12.7 Å². The van der Waals surface area contributed by atoms with Crippen LogP contribution in [0.2, 0.25) is 0 Å². The highest BCUT2D eigenvalue weighted by Crippen LogP contribution is 2.26. The molecule has 3 N–H and O–H groups in total. The lowest BCUT2D eigenvalue weighted by Crippen LogP contribution is -2.27. The van der Waals surface area contributed by atoms with E-state index in [1.165, 1.54) is 12.8 Å². The number of benzene rings is 1. The summed E-state index contributed by atoms with van der Waals surface area (Å²) < 4.78 is 16.9. The summed E-state index contributed by atoms with van der Waals surface area (Å²) in [5, 5.41) is 18.2. The molecule has 8 nitrogen and oxygen atoms in total. The van der Waals surface area contributed by atoms with E-state index in [4.69, 9.17) is 34.0 Å². The molecule has 152 valence electrons. The largest absolute Gasteiger partial charge is 0.490 e. The second kappa shape index (κ2) is 13.8. The number of aliphatic carboxylic acids is 2. The van der Waals surface area contributed by atoms with Crippen molar-refractivity contribution in [3.05, 3.63) is 24.3 Å². The minimum Gasteiger partial charge on any atom is -0.490 e. The number of carboxylic acid groups (broad SMARTS) is 2. The maximum atomic E-state index is 9.10. The topological polar surface area (TPSA) is 114 Å². The van der Waals surface area contributed by atoms with Gasteiger partial charge in [-0.1, -0.05) is 12.1 Å². The van der Waals surface area contributed by atoms with Crippen LogP contribution in [0.25, 0.3) is 0 Å². The molecule has 1 saturated heterocycles. The van der Waals surface area contributed by atoms with Crippen molar-refractivity contribution in [2.75, 3.05) is 32.9 Å². The molecule has 0 amide bonds. The minimum absolute atomic E-state index is 0.430. The van der Waals surface area contributed by atoms with E-state index in [1.54, 1.807) is 0 Å². The van der Waals surface area contributed by atoms with Crippen molar-refractivity contribution in [3.63, 3.8) is 0 Å². The first-order valence-corrected chi connectivity index (χ1v) is 9.17. The average molecular weight is 383 g/mol. The molecule has 1 unspecified atom stereocenters. The molecule has 1 aromatic carbocycles. The fourth-order valence-electron chi connectivity index (χ4n) is 2.45. The van der Waals surface area contributed by atoms with Crippen molar-refractivity contribution in [3.8, 4) is 11.5 Å². The van der Waals surface area contributed by atoms with Gasteiger partial charge in [-0.05, 0) is 51.3 Å². The first-order valence-electron chi connectivity index (χ1n) is 9.17. The third-order valence-electron chi connectivity index (χ3n) is 3.73. The lowest BCUT2D eigenvalue weighted by atomic mass is 10.2. The van der Waals surface area contributed by atoms with Crippen LogP contribution >= 0.6 is 0 Å². The SMILES string of the molecule is CCOc1ccccc1OCCCCNCC1CCCO1.O=C(O)C(=O)O. The Hall–Kier alpha value is -2.32. The van der Waals surface area contributed by atoms with Crippen LogP contribution in [0.15, 0.2) is 24.3 Å². The molecule has 0 saturated carbocycles. The molecule has 1 aromatic rings. The molecule has 1 heterocycles. The van der Waals surface area contributed by atoms with Crippen molar-refractivity contribution >= 4 is 11.9 Å². The van der Waals surface area contributed by atoms with E-state index in [2.05, 4.69) is 5.32 Å². The number of ether oxygens (including phenoxy) is 3. The predicted octanol–water partition coefficient (Wildman–Crippen LogP) is 2.17. The Balaban J connectivity index is 0.000000527. The van der Waals surface area contributed by atoms with Gasteiger partial charge < -0.3 is 29.7 Å². The van der Waals surface area contributed by atoms with Crippen molar-refractivity contribution in [1.82, 2.24) is 5.32 Å². The van der Waals surface area contributed by atoms with E-state index < -0.39 is 11.9 Å². The molecular formula is C19H29NO7. The van der Waals surface area contributed by atoms with Crippen molar-refractivity contribution in [2.24, 2.45) is 0 Å². The second-order valence-corrected chi connectivity index (χ2v) is 5.88. The Morgan fingerprint density at radius 1 is 1.15 bits per heavy atom. The number of nitrogens with one attached hydrogen (secondary N) is 1. The summed E-state index contributed by atoms with van der Waals surface area (Å²) in [7, 11) is 0. The molecule has 2 rings (SSSR count). The molecule has 1 aliphatic rings. The Morgan fingerprint density at radius 2 is 1.81 bits per heavy atom. The van der Waals surface area contributed by atoms with Gasteiger partial charge in [0.2, 0.25) is 0 Å². The molecule has 27 heavy (non-hydrogen) atoms. The zero-order chi connectivity index (χ0) is 19.9. The van der Waals surface area contributed by atoms with Crippen molar-refractivity contribution in [2.45, 2.75) is 38.7 Å². The summed E-state index contributed by atoms with van der Waals surface area (Å²) in [4.78, 5) is 18.2. The third-order valence-corrected chi connectivity index (χ3v) is 3.73. The van der Waals surface area contributed by atoms with Crippen molar-refractivity contribution < 1.29 is 34.0 Å². The van der Waals surface area contributed by atoms with Gasteiger partial charge in [0.05, 0.1) is 19.3 Å². The van der Waals surface area contributed by atoms with Gasteiger partial charge in [-0.25, -0.2) is 9.59 Å². The Morgan fingerprint density at radius 3 is 2.37 bits per heavy atom. The maximum absolute atomic E-state index is 9.10. The summed E-state index contributed by atoms with van der Waals surface area (Å²) >= 11 is 0. The van der Waals surface area contributed by atoms with Crippen LogP contribution in [0, 0.1) is 0 Å². The smallest absolute Gasteiger partial charge is 0.414 e. The average Bonchev–Trinajstić information content (AvgIpc) is 3.16. The summed E-state index contributed by atoms with van der Waals surface area (Å²) in [6.45, 7) is 6.31. The fraction of sp³-hybridized carbons (Fsp3) is 0.579. The van der Waals surface area contributed by atoms with Gasteiger partial charge in [0.1, 0.15) is 0 Å². The quantitative estimate of drug-likeness (QED) is 0.416. The molecule has 0 aliphatic carbocycles. The number of carbonyl (C=O) groups is 2. The van der Waals surface area contributed by atoms with Gasteiger partial charge in [-0.15, -0.1) is 0 Å². The number of rotatable bonds is 10. The van der Waals surface area contributed by atoms with Crippen LogP contribution in [0.1, 0.15) is 32.6 Å². The van der Waals surface area contributed by atoms with E-state index >= 15 is 0 Å². The van der Waals surface area contributed by atoms with Crippen LogP contribution < -0.4 is 14.8 Å². The summed E-state index contributed by atoms with van der Waals surface area (Å²) in [5.74, 6) is -1.98. The molecule has 0 spiro atoms. The number of hydrogen-bond acceptors (Lipinski definition) is 6. The van der Waals surface area contributed by atoms with Gasteiger partial charge in [-0.3, -0.25) is 0 Å². The van der Waals surface area contributed by atoms with E-state index in [9.17, 15) is 0 Å².